The predicted molar refractivity (Wildman–Crippen MR) is 155 cm³/mol. The van der Waals surface area contributed by atoms with Crippen molar-refractivity contribution in [2.75, 3.05) is 26.2 Å². The zero-order valence-corrected chi connectivity index (χ0v) is 24.8. The van der Waals surface area contributed by atoms with E-state index in [1.165, 1.54) is 30.7 Å². The third-order valence-electron chi connectivity index (χ3n) is 6.17. The van der Waals surface area contributed by atoms with Gasteiger partial charge in [0.1, 0.15) is 28.8 Å². The largest absolute Gasteiger partial charge is 0.477 e. The standard InChI is InChI=1S/C31H35FN2O6S/c1-6-34(7-2)16-8-9-22-19-25(32)11-13-27(22)41(36,37)21-24-10-12-26(23-14-17-38-20-23)29(39-18-15-33)28(24)30(35)40-31(3,4)5/h8-14,17,19-20H,6-7,16,18,21H2,1-5H3/b9-8-. The average Bonchev–Trinajstić information content (AvgIpc) is 3.43. The molecule has 0 saturated carbocycles. The lowest BCUT2D eigenvalue weighted by molar-refractivity contribution is 0.00653. The van der Waals surface area contributed by atoms with Gasteiger partial charge < -0.3 is 18.8 Å². The highest BCUT2D eigenvalue weighted by molar-refractivity contribution is 7.90. The molecule has 0 saturated heterocycles. The highest BCUT2D eigenvalue weighted by Crippen LogP contribution is 2.38. The first-order chi connectivity index (χ1) is 19.4. The average molecular weight is 583 g/mol. The molecule has 0 radical (unpaired) electrons. The van der Waals surface area contributed by atoms with E-state index in [1.807, 2.05) is 19.9 Å². The van der Waals surface area contributed by atoms with Crippen molar-refractivity contribution in [1.29, 1.82) is 5.26 Å². The number of rotatable bonds is 12. The number of nitrogens with zero attached hydrogens (tertiary/aromatic N) is 2. The molecule has 0 aliphatic heterocycles. The van der Waals surface area contributed by atoms with Gasteiger partial charge in [-0.1, -0.05) is 38.1 Å². The number of furan rings is 1. The van der Waals surface area contributed by atoms with Gasteiger partial charge in [0.2, 0.25) is 0 Å². The topological polar surface area (TPSA) is 110 Å². The summed E-state index contributed by atoms with van der Waals surface area (Å²) < 4.78 is 58.4. The molecule has 3 aromatic rings. The quantitative estimate of drug-likeness (QED) is 0.182. The smallest absolute Gasteiger partial charge is 0.342 e. The first kappa shape index (κ1) is 31.6. The van der Waals surface area contributed by atoms with Crippen molar-refractivity contribution in [1.82, 2.24) is 4.90 Å². The van der Waals surface area contributed by atoms with Gasteiger partial charge in [-0.25, -0.2) is 17.6 Å². The molecule has 0 amide bonds. The molecule has 0 aliphatic rings. The van der Waals surface area contributed by atoms with Crippen molar-refractivity contribution >= 4 is 21.9 Å². The number of carbonyl (C=O) groups is 1. The molecular formula is C31H35FN2O6S. The van der Waals surface area contributed by atoms with Crippen LogP contribution in [0.15, 0.2) is 64.3 Å². The number of benzene rings is 2. The van der Waals surface area contributed by atoms with Gasteiger partial charge in [0.25, 0.3) is 0 Å². The lowest BCUT2D eigenvalue weighted by Crippen LogP contribution is -2.25. The molecule has 3 rings (SSSR count). The van der Waals surface area contributed by atoms with Crippen LogP contribution in [0.2, 0.25) is 0 Å². The van der Waals surface area contributed by atoms with Crippen molar-refractivity contribution < 1.29 is 31.5 Å². The van der Waals surface area contributed by atoms with Crippen molar-refractivity contribution in [2.24, 2.45) is 0 Å². The van der Waals surface area contributed by atoms with E-state index in [-0.39, 0.29) is 27.3 Å². The number of carbonyl (C=O) groups excluding carboxylic acids is 1. The van der Waals surface area contributed by atoms with Gasteiger partial charge in [-0.3, -0.25) is 0 Å². The highest BCUT2D eigenvalue weighted by Gasteiger charge is 2.30. The van der Waals surface area contributed by atoms with Crippen molar-refractivity contribution in [3.05, 3.63) is 77.5 Å². The van der Waals surface area contributed by atoms with Crippen LogP contribution >= 0.6 is 0 Å². The van der Waals surface area contributed by atoms with E-state index in [4.69, 9.17) is 13.9 Å². The van der Waals surface area contributed by atoms with Crippen LogP contribution in [0, 0.1) is 17.1 Å². The molecule has 1 aromatic heterocycles. The summed E-state index contributed by atoms with van der Waals surface area (Å²) in [7, 11) is -4.10. The normalized spacial score (nSPS) is 12.0. The summed E-state index contributed by atoms with van der Waals surface area (Å²) in [6.07, 6.45) is 6.27. The molecule has 0 unspecified atom stereocenters. The number of sulfone groups is 1. The number of ether oxygens (including phenoxy) is 2. The van der Waals surface area contributed by atoms with Gasteiger partial charge in [0, 0.05) is 17.7 Å². The molecule has 0 aliphatic carbocycles. The zero-order valence-electron chi connectivity index (χ0n) is 23.9. The summed E-state index contributed by atoms with van der Waals surface area (Å²) in [6.45, 7) is 10.9. The van der Waals surface area contributed by atoms with E-state index in [0.29, 0.717) is 17.7 Å². The fourth-order valence-electron chi connectivity index (χ4n) is 4.22. The van der Waals surface area contributed by atoms with E-state index in [9.17, 15) is 22.9 Å². The van der Waals surface area contributed by atoms with Crippen LogP contribution in [0.4, 0.5) is 4.39 Å². The number of likely N-dealkylation sites (N-methyl/N-ethyl adjacent to an activating group) is 1. The number of hydrogen-bond donors (Lipinski definition) is 0. The number of nitriles is 1. The Morgan fingerprint density at radius 3 is 2.49 bits per heavy atom. The van der Waals surface area contributed by atoms with E-state index in [1.54, 1.807) is 45.1 Å². The molecule has 41 heavy (non-hydrogen) atoms. The van der Waals surface area contributed by atoms with E-state index >= 15 is 0 Å². The van der Waals surface area contributed by atoms with Gasteiger partial charge in [-0.15, -0.1) is 0 Å². The highest BCUT2D eigenvalue weighted by atomic mass is 32.2. The van der Waals surface area contributed by atoms with E-state index in [0.717, 1.165) is 19.2 Å². The maximum atomic E-state index is 14.2. The van der Waals surface area contributed by atoms with E-state index < -0.39 is 39.6 Å². The molecule has 0 N–H and O–H groups in total. The van der Waals surface area contributed by atoms with Crippen LogP contribution < -0.4 is 4.74 Å². The van der Waals surface area contributed by atoms with Crippen LogP contribution in [0.5, 0.6) is 5.75 Å². The number of hydrogen-bond acceptors (Lipinski definition) is 8. The molecule has 0 atom stereocenters. The molecule has 8 nitrogen and oxygen atoms in total. The van der Waals surface area contributed by atoms with Crippen molar-refractivity contribution in [2.45, 2.75) is 50.9 Å². The minimum Gasteiger partial charge on any atom is -0.477 e. The molecular weight excluding hydrogens is 547 g/mol. The first-order valence-corrected chi connectivity index (χ1v) is 14.9. The summed E-state index contributed by atoms with van der Waals surface area (Å²) in [5, 5.41) is 9.21. The minimum atomic E-state index is -4.10. The van der Waals surface area contributed by atoms with Crippen LogP contribution in [-0.4, -0.2) is 51.1 Å². The van der Waals surface area contributed by atoms with Gasteiger partial charge in [-0.2, -0.15) is 5.26 Å². The van der Waals surface area contributed by atoms with Gasteiger partial charge in [-0.05, 0) is 69.3 Å². The summed E-state index contributed by atoms with van der Waals surface area (Å²) >= 11 is 0. The Labute approximate surface area is 240 Å². The Morgan fingerprint density at radius 1 is 1.15 bits per heavy atom. The zero-order chi connectivity index (χ0) is 30.2. The van der Waals surface area contributed by atoms with Crippen LogP contribution in [-0.2, 0) is 20.3 Å². The second-order valence-electron chi connectivity index (χ2n) is 10.3. The SMILES string of the molecule is CCN(CC)C/C=C\c1cc(F)ccc1S(=O)(=O)Cc1ccc(-c2ccoc2)c(OCC#N)c1C(=O)OC(C)(C)C. The second-order valence-corrected chi connectivity index (χ2v) is 12.2. The minimum absolute atomic E-state index is 0.00773. The Bertz CT molecular complexity index is 1530. The van der Waals surface area contributed by atoms with Crippen LogP contribution in [0.25, 0.3) is 17.2 Å². The predicted octanol–water partition coefficient (Wildman–Crippen LogP) is 6.27. The van der Waals surface area contributed by atoms with E-state index in [2.05, 4.69) is 4.90 Å². The fourth-order valence-corrected chi connectivity index (χ4v) is 5.79. The molecule has 10 heteroatoms. The third-order valence-corrected chi connectivity index (χ3v) is 7.90. The van der Waals surface area contributed by atoms with Crippen LogP contribution in [0.1, 0.15) is 56.1 Å². The Morgan fingerprint density at radius 2 is 1.88 bits per heavy atom. The lowest BCUT2D eigenvalue weighted by Gasteiger charge is -2.23. The second kappa shape index (κ2) is 13.6. The Kier molecular flexibility index (Phi) is 10.5. The number of esters is 1. The lowest BCUT2D eigenvalue weighted by atomic mass is 9.99. The monoisotopic (exact) mass is 582 g/mol. The molecule has 0 bridgehead atoms. The summed E-state index contributed by atoms with van der Waals surface area (Å²) in [5.41, 5.74) is 0.298. The summed E-state index contributed by atoms with van der Waals surface area (Å²) in [6, 6.07) is 10.1. The number of halogens is 1. The fraction of sp³-hybridized carbons (Fsp3) is 0.355. The first-order valence-electron chi connectivity index (χ1n) is 13.2. The van der Waals surface area contributed by atoms with Gasteiger partial charge in [0.15, 0.2) is 16.4 Å². The van der Waals surface area contributed by atoms with Crippen molar-refractivity contribution in [3.63, 3.8) is 0 Å². The summed E-state index contributed by atoms with van der Waals surface area (Å²) in [4.78, 5) is 15.6. The maximum absolute atomic E-state index is 14.2. The van der Waals surface area contributed by atoms with Gasteiger partial charge in [0.05, 0.1) is 23.2 Å². The summed E-state index contributed by atoms with van der Waals surface area (Å²) in [5.74, 6) is -1.97. The Balaban J connectivity index is 2.15. The third kappa shape index (κ3) is 8.28. The van der Waals surface area contributed by atoms with Gasteiger partial charge >= 0.3 is 5.97 Å². The maximum Gasteiger partial charge on any atom is 0.342 e. The molecule has 2 aromatic carbocycles. The Hall–Kier alpha value is -3.94. The molecule has 0 spiro atoms. The molecule has 0 fully saturated rings. The van der Waals surface area contributed by atoms with Crippen LogP contribution in [0.3, 0.4) is 0 Å². The molecule has 218 valence electrons. The van der Waals surface area contributed by atoms with Crippen molar-refractivity contribution in [3.8, 4) is 22.9 Å². The molecule has 1 heterocycles.